The number of carbonyl (C=O) groups excluding carboxylic acids is 2. The summed E-state index contributed by atoms with van der Waals surface area (Å²) >= 11 is 0. The molecule has 2 amide bonds. The SMILES string of the molecule is C=CC(=O)N(C)c1ccc(C(=O)NCC(F)(F)c2cccc(F)c2)cc1. The molecular formula is C19H17F3N2O2. The van der Waals surface area contributed by atoms with Crippen molar-refractivity contribution in [2.24, 2.45) is 0 Å². The van der Waals surface area contributed by atoms with Crippen LogP contribution in [0.1, 0.15) is 15.9 Å². The van der Waals surface area contributed by atoms with Crippen LogP contribution >= 0.6 is 0 Å². The van der Waals surface area contributed by atoms with Crippen LogP contribution < -0.4 is 10.2 Å². The van der Waals surface area contributed by atoms with E-state index in [4.69, 9.17) is 0 Å². The largest absolute Gasteiger partial charge is 0.346 e. The first-order valence-corrected chi connectivity index (χ1v) is 7.67. The highest BCUT2D eigenvalue weighted by molar-refractivity contribution is 6.01. The van der Waals surface area contributed by atoms with E-state index in [2.05, 4.69) is 11.9 Å². The highest BCUT2D eigenvalue weighted by Crippen LogP contribution is 2.27. The number of benzene rings is 2. The number of halogens is 3. The van der Waals surface area contributed by atoms with Crippen LogP contribution in [0.5, 0.6) is 0 Å². The summed E-state index contributed by atoms with van der Waals surface area (Å²) in [7, 11) is 1.54. The van der Waals surface area contributed by atoms with Crippen molar-refractivity contribution < 1.29 is 22.8 Å². The lowest BCUT2D eigenvalue weighted by Crippen LogP contribution is -2.35. The van der Waals surface area contributed by atoms with Gasteiger partial charge in [-0.3, -0.25) is 9.59 Å². The van der Waals surface area contributed by atoms with E-state index in [-0.39, 0.29) is 11.5 Å². The maximum Gasteiger partial charge on any atom is 0.290 e. The number of rotatable bonds is 6. The third kappa shape index (κ3) is 4.50. The summed E-state index contributed by atoms with van der Waals surface area (Å²) < 4.78 is 41.2. The van der Waals surface area contributed by atoms with Gasteiger partial charge < -0.3 is 10.2 Å². The van der Waals surface area contributed by atoms with Gasteiger partial charge in [-0.1, -0.05) is 18.7 Å². The van der Waals surface area contributed by atoms with Gasteiger partial charge in [0, 0.05) is 23.9 Å². The zero-order valence-corrected chi connectivity index (χ0v) is 14.0. The molecule has 2 aromatic rings. The van der Waals surface area contributed by atoms with Gasteiger partial charge in [-0.2, -0.15) is 8.78 Å². The van der Waals surface area contributed by atoms with E-state index in [9.17, 15) is 22.8 Å². The molecule has 4 nitrogen and oxygen atoms in total. The van der Waals surface area contributed by atoms with Gasteiger partial charge in [-0.05, 0) is 42.5 Å². The fourth-order valence-electron chi connectivity index (χ4n) is 2.21. The molecule has 0 aliphatic rings. The van der Waals surface area contributed by atoms with E-state index >= 15 is 0 Å². The second kappa shape index (κ2) is 7.86. The maximum atomic E-state index is 14.1. The zero-order chi connectivity index (χ0) is 19.3. The predicted molar refractivity (Wildman–Crippen MR) is 92.7 cm³/mol. The zero-order valence-electron chi connectivity index (χ0n) is 14.0. The summed E-state index contributed by atoms with van der Waals surface area (Å²) in [6.45, 7) is 2.41. The fraction of sp³-hybridized carbons (Fsp3) is 0.158. The van der Waals surface area contributed by atoms with Gasteiger partial charge in [0.25, 0.3) is 11.8 Å². The molecule has 136 valence electrons. The van der Waals surface area contributed by atoms with Gasteiger partial charge in [0.1, 0.15) is 5.82 Å². The second-order valence-electron chi connectivity index (χ2n) is 5.55. The number of hydrogen-bond acceptors (Lipinski definition) is 2. The lowest BCUT2D eigenvalue weighted by molar-refractivity contribution is -0.113. The molecular weight excluding hydrogens is 345 g/mol. The molecule has 0 bridgehead atoms. The number of alkyl halides is 2. The van der Waals surface area contributed by atoms with Crippen LogP contribution in [0.3, 0.4) is 0 Å². The van der Waals surface area contributed by atoms with Gasteiger partial charge >= 0.3 is 0 Å². The minimum absolute atomic E-state index is 0.156. The van der Waals surface area contributed by atoms with E-state index in [0.29, 0.717) is 5.69 Å². The summed E-state index contributed by atoms with van der Waals surface area (Å²) in [6, 6.07) is 9.93. The molecule has 0 saturated heterocycles. The molecule has 0 aliphatic heterocycles. The Labute approximate surface area is 148 Å². The second-order valence-corrected chi connectivity index (χ2v) is 5.55. The molecule has 1 N–H and O–H groups in total. The highest BCUT2D eigenvalue weighted by Gasteiger charge is 2.32. The van der Waals surface area contributed by atoms with Crippen LogP contribution in [0.15, 0.2) is 61.2 Å². The Hall–Kier alpha value is -3.09. The average molecular weight is 362 g/mol. The molecule has 26 heavy (non-hydrogen) atoms. The molecule has 7 heteroatoms. The van der Waals surface area contributed by atoms with Crippen LogP contribution in [0.4, 0.5) is 18.9 Å². The van der Waals surface area contributed by atoms with Gasteiger partial charge in [-0.15, -0.1) is 0 Å². The lowest BCUT2D eigenvalue weighted by atomic mass is 10.1. The third-order valence-corrected chi connectivity index (χ3v) is 3.74. The van der Waals surface area contributed by atoms with E-state index in [1.807, 2.05) is 0 Å². The van der Waals surface area contributed by atoms with Crippen molar-refractivity contribution in [3.05, 3.63) is 78.1 Å². The van der Waals surface area contributed by atoms with Crippen molar-refractivity contribution in [2.45, 2.75) is 5.92 Å². The lowest BCUT2D eigenvalue weighted by Gasteiger charge is -2.18. The summed E-state index contributed by atoms with van der Waals surface area (Å²) in [5, 5.41) is 2.13. The van der Waals surface area contributed by atoms with Crippen LogP contribution in [-0.4, -0.2) is 25.4 Å². The Bertz CT molecular complexity index is 820. The Balaban J connectivity index is 2.03. The quantitative estimate of drug-likeness (QED) is 0.800. The molecule has 0 aliphatic carbocycles. The first-order valence-electron chi connectivity index (χ1n) is 7.67. The minimum atomic E-state index is -3.41. The molecule has 2 aromatic carbocycles. The number of carbonyl (C=O) groups is 2. The van der Waals surface area contributed by atoms with Gasteiger partial charge in [-0.25, -0.2) is 4.39 Å². The van der Waals surface area contributed by atoms with Crippen LogP contribution in [0.2, 0.25) is 0 Å². The molecule has 0 spiro atoms. The van der Waals surface area contributed by atoms with E-state index in [1.54, 1.807) is 7.05 Å². The maximum absolute atomic E-state index is 14.1. The molecule has 2 rings (SSSR count). The Morgan fingerprint density at radius 2 is 1.85 bits per heavy atom. The summed E-state index contributed by atoms with van der Waals surface area (Å²) in [5.74, 6) is -5.21. The van der Waals surface area contributed by atoms with Crippen molar-refractivity contribution in [3.63, 3.8) is 0 Å². The molecule has 0 saturated carbocycles. The third-order valence-electron chi connectivity index (χ3n) is 3.74. The van der Waals surface area contributed by atoms with Crippen molar-refractivity contribution in [1.29, 1.82) is 0 Å². The topological polar surface area (TPSA) is 49.4 Å². The first-order chi connectivity index (χ1) is 12.2. The molecule has 0 radical (unpaired) electrons. The average Bonchev–Trinajstić information content (AvgIpc) is 2.65. The van der Waals surface area contributed by atoms with Gasteiger partial charge in [0.05, 0.1) is 6.54 Å². The molecule has 0 heterocycles. The number of anilines is 1. The van der Waals surface area contributed by atoms with E-state index in [0.717, 1.165) is 24.3 Å². The van der Waals surface area contributed by atoms with Crippen LogP contribution in [0.25, 0.3) is 0 Å². The number of nitrogens with zero attached hydrogens (tertiary/aromatic N) is 1. The number of hydrogen-bond donors (Lipinski definition) is 1. The standard InChI is InChI=1S/C19H17F3N2O2/c1-3-17(25)24(2)16-9-7-13(8-10-16)18(26)23-12-19(21,22)14-5-4-6-15(20)11-14/h3-11H,1,12H2,2H3,(H,23,26). The van der Waals surface area contributed by atoms with Crippen molar-refractivity contribution in [1.82, 2.24) is 5.32 Å². The highest BCUT2D eigenvalue weighted by atomic mass is 19.3. The van der Waals surface area contributed by atoms with Crippen molar-refractivity contribution >= 4 is 17.5 Å². The van der Waals surface area contributed by atoms with Gasteiger partial charge in [0.15, 0.2) is 0 Å². The van der Waals surface area contributed by atoms with E-state index in [1.165, 1.54) is 35.2 Å². The minimum Gasteiger partial charge on any atom is -0.346 e. The number of amides is 2. The number of nitrogens with one attached hydrogen (secondary N) is 1. The van der Waals surface area contributed by atoms with Crippen molar-refractivity contribution in [2.75, 3.05) is 18.5 Å². The number of likely N-dealkylation sites (N-methyl/N-ethyl adjacent to an activating group) is 1. The Morgan fingerprint density at radius 1 is 1.19 bits per heavy atom. The summed E-state index contributed by atoms with van der Waals surface area (Å²) in [6.07, 6.45) is 1.15. The summed E-state index contributed by atoms with van der Waals surface area (Å²) in [4.78, 5) is 24.9. The van der Waals surface area contributed by atoms with Crippen LogP contribution in [0, 0.1) is 5.82 Å². The molecule has 0 unspecified atom stereocenters. The van der Waals surface area contributed by atoms with Crippen molar-refractivity contribution in [3.8, 4) is 0 Å². The molecule has 0 fully saturated rings. The normalized spacial score (nSPS) is 10.9. The Kier molecular flexibility index (Phi) is 5.82. The smallest absolute Gasteiger partial charge is 0.290 e. The summed E-state index contributed by atoms with van der Waals surface area (Å²) in [5.41, 5.74) is 0.164. The fourth-order valence-corrected chi connectivity index (χ4v) is 2.21. The first kappa shape index (κ1) is 19.2. The monoisotopic (exact) mass is 362 g/mol. The van der Waals surface area contributed by atoms with Gasteiger partial charge in [0.2, 0.25) is 5.91 Å². The van der Waals surface area contributed by atoms with E-state index < -0.39 is 29.8 Å². The van der Waals surface area contributed by atoms with Crippen LogP contribution in [-0.2, 0) is 10.7 Å². The predicted octanol–water partition coefficient (Wildman–Crippen LogP) is 3.50. The molecule has 0 atom stereocenters. The Morgan fingerprint density at radius 3 is 2.42 bits per heavy atom. The molecule has 0 aromatic heterocycles.